The number of ether oxygens (including phenoxy) is 1. The van der Waals surface area contributed by atoms with Crippen LogP contribution in [0.15, 0.2) is 78.5 Å². The zero-order chi connectivity index (χ0) is 24.8. The molecule has 1 heterocycles. The van der Waals surface area contributed by atoms with Gasteiger partial charge in [0.1, 0.15) is 11.4 Å². The van der Waals surface area contributed by atoms with Crippen molar-refractivity contribution in [2.75, 3.05) is 13.7 Å². The number of hydrogen-bond acceptors (Lipinski definition) is 3. The van der Waals surface area contributed by atoms with Crippen molar-refractivity contribution in [3.05, 3.63) is 106 Å². The first-order valence-electron chi connectivity index (χ1n) is 11.5. The number of rotatable bonds is 8. The minimum absolute atomic E-state index is 0.177. The number of H-pyrrole nitrogens is 1. The van der Waals surface area contributed by atoms with Crippen LogP contribution in [0.2, 0.25) is 0 Å². The predicted molar refractivity (Wildman–Crippen MR) is 139 cm³/mol. The van der Waals surface area contributed by atoms with Crippen LogP contribution < -0.4 is 15.4 Å². The van der Waals surface area contributed by atoms with Crippen molar-refractivity contribution >= 4 is 28.8 Å². The summed E-state index contributed by atoms with van der Waals surface area (Å²) in [6, 6.07) is 22.6. The number of amides is 2. The average Bonchev–Trinajstić information content (AvgIpc) is 3.19. The second-order valence-electron chi connectivity index (χ2n) is 8.43. The Morgan fingerprint density at radius 2 is 1.66 bits per heavy atom. The number of benzene rings is 3. The van der Waals surface area contributed by atoms with Crippen LogP contribution in [0.25, 0.3) is 17.0 Å². The number of carbonyl (C=O) groups is 2. The van der Waals surface area contributed by atoms with E-state index in [2.05, 4.69) is 21.7 Å². The summed E-state index contributed by atoms with van der Waals surface area (Å²) < 4.78 is 5.21. The lowest BCUT2D eigenvalue weighted by Crippen LogP contribution is -2.35. The third-order valence-corrected chi connectivity index (χ3v) is 5.92. The maximum atomic E-state index is 13.1. The molecular formula is C29H29N3O3. The monoisotopic (exact) mass is 467 g/mol. The van der Waals surface area contributed by atoms with Crippen LogP contribution in [0, 0.1) is 13.8 Å². The molecule has 1 aromatic heterocycles. The van der Waals surface area contributed by atoms with Gasteiger partial charge in [-0.15, -0.1) is 0 Å². The van der Waals surface area contributed by atoms with Crippen molar-refractivity contribution in [2.45, 2.75) is 20.3 Å². The Morgan fingerprint density at radius 1 is 0.943 bits per heavy atom. The molecule has 6 nitrogen and oxygen atoms in total. The van der Waals surface area contributed by atoms with E-state index in [9.17, 15) is 9.59 Å². The maximum absolute atomic E-state index is 13.1. The fraction of sp³-hybridized carbons (Fsp3) is 0.172. The third kappa shape index (κ3) is 5.79. The highest BCUT2D eigenvalue weighted by Gasteiger charge is 2.15. The predicted octanol–water partition coefficient (Wildman–Crippen LogP) is 4.92. The van der Waals surface area contributed by atoms with Crippen LogP contribution in [0.1, 0.15) is 32.7 Å². The topological polar surface area (TPSA) is 83.2 Å². The highest BCUT2D eigenvalue weighted by Crippen LogP contribution is 2.22. The second-order valence-corrected chi connectivity index (χ2v) is 8.43. The van der Waals surface area contributed by atoms with Gasteiger partial charge in [-0.2, -0.15) is 0 Å². The molecular weight excluding hydrogens is 438 g/mol. The summed E-state index contributed by atoms with van der Waals surface area (Å²) in [5.41, 5.74) is 5.83. The van der Waals surface area contributed by atoms with Gasteiger partial charge in [0.05, 0.1) is 7.11 Å². The lowest BCUT2D eigenvalue weighted by Gasteiger charge is -2.12. The average molecular weight is 468 g/mol. The SMILES string of the molecule is COc1ccc(/C=C(\NC(=O)c2ccc(C)cc2)C(=O)NCCc2c(C)[nH]c3ccccc23)cc1. The molecule has 0 saturated heterocycles. The third-order valence-electron chi connectivity index (χ3n) is 5.92. The maximum Gasteiger partial charge on any atom is 0.267 e. The summed E-state index contributed by atoms with van der Waals surface area (Å²) in [6.07, 6.45) is 2.33. The first kappa shape index (κ1) is 23.8. The van der Waals surface area contributed by atoms with E-state index in [1.165, 1.54) is 5.56 Å². The van der Waals surface area contributed by atoms with Crippen molar-refractivity contribution in [1.29, 1.82) is 0 Å². The van der Waals surface area contributed by atoms with Gasteiger partial charge in [-0.1, -0.05) is 48.0 Å². The van der Waals surface area contributed by atoms with Crippen molar-refractivity contribution < 1.29 is 14.3 Å². The van der Waals surface area contributed by atoms with E-state index in [0.717, 1.165) is 27.7 Å². The van der Waals surface area contributed by atoms with Gasteiger partial charge in [0.25, 0.3) is 11.8 Å². The molecule has 2 amide bonds. The van der Waals surface area contributed by atoms with Crippen LogP contribution in [0.5, 0.6) is 5.75 Å². The van der Waals surface area contributed by atoms with Gasteiger partial charge in [0, 0.05) is 28.7 Å². The number of fused-ring (bicyclic) bond motifs is 1. The number of aryl methyl sites for hydroxylation is 2. The van der Waals surface area contributed by atoms with E-state index in [4.69, 9.17) is 4.74 Å². The first-order valence-corrected chi connectivity index (χ1v) is 11.5. The molecule has 0 spiro atoms. The van der Waals surface area contributed by atoms with E-state index in [1.807, 2.05) is 68.4 Å². The van der Waals surface area contributed by atoms with Crippen molar-refractivity contribution in [3.8, 4) is 5.75 Å². The summed E-state index contributed by atoms with van der Waals surface area (Å²) in [4.78, 5) is 29.4. The van der Waals surface area contributed by atoms with Gasteiger partial charge >= 0.3 is 0 Å². The van der Waals surface area contributed by atoms with Crippen molar-refractivity contribution in [1.82, 2.24) is 15.6 Å². The molecule has 0 radical (unpaired) electrons. The minimum atomic E-state index is -0.348. The molecule has 0 unspecified atom stereocenters. The van der Waals surface area contributed by atoms with Crippen LogP contribution >= 0.6 is 0 Å². The molecule has 6 heteroatoms. The Hall–Kier alpha value is -4.32. The number of carbonyl (C=O) groups excluding carboxylic acids is 2. The quantitative estimate of drug-likeness (QED) is 0.322. The van der Waals surface area contributed by atoms with E-state index >= 15 is 0 Å². The minimum Gasteiger partial charge on any atom is -0.497 e. The number of methoxy groups -OCH3 is 1. The number of aromatic amines is 1. The van der Waals surface area contributed by atoms with Gasteiger partial charge in [-0.25, -0.2) is 0 Å². The smallest absolute Gasteiger partial charge is 0.267 e. The highest BCUT2D eigenvalue weighted by molar-refractivity contribution is 6.05. The van der Waals surface area contributed by atoms with E-state index in [-0.39, 0.29) is 17.5 Å². The molecule has 4 aromatic rings. The summed E-state index contributed by atoms with van der Waals surface area (Å²) in [5.74, 6) is 0.0251. The molecule has 0 aliphatic rings. The Kier molecular flexibility index (Phi) is 7.31. The first-order chi connectivity index (χ1) is 16.9. The fourth-order valence-electron chi connectivity index (χ4n) is 3.98. The van der Waals surface area contributed by atoms with Gasteiger partial charge in [-0.05, 0) is 67.8 Å². The molecule has 3 N–H and O–H groups in total. The van der Waals surface area contributed by atoms with Gasteiger partial charge in [-0.3, -0.25) is 9.59 Å². The number of hydrogen-bond donors (Lipinski definition) is 3. The zero-order valence-electron chi connectivity index (χ0n) is 20.1. The Labute approximate surface area is 205 Å². The molecule has 0 saturated carbocycles. The van der Waals surface area contributed by atoms with Gasteiger partial charge < -0.3 is 20.4 Å². The molecule has 3 aromatic carbocycles. The van der Waals surface area contributed by atoms with Crippen LogP contribution in [-0.4, -0.2) is 30.5 Å². The van der Waals surface area contributed by atoms with Crippen LogP contribution in [0.4, 0.5) is 0 Å². The van der Waals surface area contributed by atoms with E-state index < -0.39 is 0 Å². The molecule has 0 fully saturated rings. The van der Waals surface area contributed by atoms with Gasteiger partial charge in [0.2, 0.25) is 0 Å². The Morgan fingerprint density at radius 3 is 2.37 bits per heavy atom. The second kappa shape index (κ2) is 10.7. The normalized spacial score (nSPS) is 11.3. The number of nitrogens with one attached hydrogen (secondary N) is 3. The summed E-state index contributed by atoms with van der Waals surface area (Å²) >= 11 is 0. The van der Waals surface area contributed by atoms with Crippen LogP contribution in [-0.2, 0) is 11.2 Å². The van der Waals surface area contributed by atoms with Gasteiger partial charge in [0.15, 0.2) is 0 Å². The summed E-state index contributed by atoms with van der Waals surface area (Å²) in [5, 5.41) is 6.90. The molecule has 0 atom stereocenters. The molecule has 178 valence electrons. The Bertz CT molecular complexity index is 1370. The van der Waals surface area contributed by atoms with E-state index in [1.54, 1.807) is 25.3 Å². The lowest BCUT2D eigenvalue weighted by molar-refractivity contribution is -0.117. The van der Waals surface area contributed by atoms with E-state index in [0.29, 0.717) is 24.3 Å². The zero-order valence-corrected chi connectivity index (χ0v) is 20.1. The standard InChI is InChI=1S/C29H29N3O3/c1-19-8-12-22(13-9-19)28(33)32-27(18-21-10-14-23(35-3)15-11-21)29(34)30-17-16-24-20(2)31-26-7-5-4-6-25(24)26/h4-15,18,31H,16-17H2,1-3H3,(H,30,34)(H,32,33)/b27-18-. The lowest BCUT2D eigenvalue weighted by atomic mass is 10.1. The number of aromatic nitrogens is 1. The molecule has 0 aliphatic heterocycles. The molecule has 4 rings (SSSR count). The highest BCUT2D eigenvalue weighted by atomic mass is 16.5. The number of para-hydroxylation sites is 1. The molecule has 0 bridgehead atoms. The van der Waals surface area contributed by atoms with Crippen molar-refractivity contribution in [3.63, 3.8) is 0 Å². The molecule has 35 heavy (non-hydrogen) atoms. The summed E-state index contributed by atoms with van der Waals surface area (Å²) in [6.45, 7) is 4.43. The van der Waals surface area contributed by atoms with Crippen molar-refractivity contribution in [2.24, 2.45) is 0 Å². The summed E-state index contributed by atoms with van der Waals surface area (Å²) in [7, 11) is 1.60. The molecule has 0 aliphatic carbocycles. The Balaban J connectivity index is 1.51. The fourth-order valence-corrected chi connectivity index (χ4v) is 3.98. The van der Waals surface area contributed by atoms with Crippen LogP contribution in [0.3, 0.4) is 0 Å². The largest absolute Gasteiger partial charge is 0.497 e.